The molecule has 0 heterocycles. The highest BCUT2D eigenvalue weighted by molar-refractivity contribution is 6.30. The van der Waals surface area contributed by atoms with Gasteiger partial charge in [0.25, 0.3) is 0 Å². The number of carbonyl (C=O) groups excluding carboxylic acids is 4. The first-order valence-corrected chi connectivity index (χ1v) is 24.5. The Morgan fingerprint density at radius 1 is 0.367 bits per heavy atom. The number of hydrogen-bond donors (Lipinski definition) is 5. The fourth-order valence-electron chi connectivity index (χ4n) is 7.46. The Kier molecular flexibility index (Phi) is 23.5. The molecule has 406 valence electrons. The van der Waals surface area contributed by atoms with Crippen LogP contribution in [-0.4, -0.2) is 84.2 Å². The molecule has 0 unspecified atom stereocenters. The number of hydrogen-bond acceptors (Lipinski definition) is 14. The molecule has 0 fully saturated rings. The van der Waals surface area contributed by atoms with Crippen LogP contribution in [0.5, 0.6) is 28.7 Å². The topological polar surface area (TPSA) is 216 Å². The molecule has 0 atom stereocenters. The predicted molar refractivity (Wildman–Crippen MR) is 307 cm³/mol. The van der Waals surface area contributed by atoms with Gasteiger partial charge in [0, 0.05) is 0 Å². The van der Waals surface area contributed by atoms with Crippen molar-refractivity contribution in [1.82, 2.24) is 0 Å². The molecule has 0 radical (unpaired) electrons. The van der Waals surface area contributed by atoms with Crippen molar-refractivity contribution in [2.75, 3.05) is 35.5 Å². The zero-order valence-electron chi connectivity index (χ0n) is 44.6. The van der Waals surface area contributed by atoms with Gasteiger partial charge in [-0.1, -0.05) is 109 Å². The Morgan fingerprint density at radius 2 is 0.722 bits per heavy atom. The van der Waals surface area contributed by atoms with Gasteiger partial charge in [0.15, 0.2) is 34.6 Å². The number of methoxy groups -OCH3 is 5. The molecule has 0 saturated heterocycles. The summed E-state index contributed by atoms with van der Waals surface area (Å²) in [5.74, 6) is -0.614. The molecule has 6 aromatic carbocycles. The quantitative estimate of drug-likeness (QED) is 0.0125. The molecule has 6 aromatic rings. The summed E-state index contributed by atoms with van der Waals surface area (Å²) in [6.07, 6.45) is 16.7. The molecule has 0 aliphatic carbocycles. The van der Waals surface area contributed by atoms with Gasteiger partial charge in [-0.3, -0.25) is 19.2 Å². The highest BCUT2D eigenvalue weighted by Crippen LogP contribution is 2.29. The third-order valence-electron chi connectivity index (χ3n) is 11.9. The third-order valence-corrected chi connectivity index (χ3v) is 11.9. The number of ketones is 4. The van der Waals surface area contributed by atoms with E-state index in [0.717, 1.165) is 27.8 Å². The minimum absolute atomic E-state index is 0.0841. The van der Waals surface area contributed by atoms with Crippen LogP contribution >= 0.6 is 0 Å². The molecule has 0 saturated carbocycles. The largest absolute Gasteiger partial charge is 0.507 e. The van der Waals surface area contributed by atoms with E-state index in [-0.39, 0.29) is 25.4 Å². The second kappa shape index (κ2) is 30.8. The van der Waals surface area contributed by atoms with E-state index in [2.05, 4.69) is 0 Å². The summed E-state index contributed by atoms with van der Waals surface area (Å²) >= 11 is 0. The Hall–Kier alpha value is -9.60. The number of rotatable bonds is 24. The number of benzene rings is 6. The van der Waals surface area contributed by atoms with Crippen LogP contribution in [0.15, 0.2) is 187 Å². The van der Waals surface area contributed by atoms with E-state index in [1.807, 2.05) is 13.0 Å². The molecular formula is C65H62O14. The molecule has 5 N–H and O–H groups in total. The van der Waals surface area contributed by atoms with Crippen LogP contribution in [0.2, 0.25) is 0 Å². The maximum atomic E-state index is 13.3. The van der Waals surface area contributed by atoms with Crippen molar-refractivity contribution in [2.24, 2.45) is 0 Å². The number of ether oxygens (including phenoxy) is 5. The van der Waals surface area contributed by atoms with E-state index >= 15 is 0 Å². The van der Waals surface area contributed by atoms with E-state index < -0.39 is 40.2 Å². The Labute approximate surface area is 459 Å². The summed E-state index contributed by atoms with van der Waals surface area (Å²) in [6.45, 7) is 1.27. The van der Waals surface area contributed by atoms with Gasteiger partial charge in [-0.15, -0.1) is 0 Å². The zero-order valence-corrected chi connectivity index (χ0v) is 44.6. The van der Waals surface area contributed by atoms with Crippen molar-refractivity contribution in [1.29, 1.82) is 0 Å². The van der Waals surface area contributed by atoms with Gasteiger partial charge < -0.3 is 49.2 Å². The molecule has 0 bridgehead atoms. The summed E-state index contributed by atoms with van der Waals surface area (Å²) in [6, 6.07) is 36.5. The lowest BCUT2D eigenvalue weighted by Gasteiger charge is -2.08. The summed E-state index contributed by atoms with van der Waals surface area (Å²) < 4.78 is 26.1. The monoisotopic (exact) mass is 1070 g/mol. The van der Waals surface area contributed by atoms with Crippen molar-refractivity contribution in [2.45, 2.75) is 26.7 Å². The number of allylic oxidation sites excluding steroid dienone is 8. The second-order valence-corrected chi connectivity index (χ2v) is 17.1. The maximum Gasteiger partial charge on any atom is 0.193 e. The normalized spacial score (nSPS) is 12.2. The fraction of sp³-hybridized carbons (Fsp3) is 0.138. The average molecular weight is 1070 g/mol. The van der Waals surface area contributed by atoms with E-state index in [0.29, 0.717) is 56.6 Å². The van der Waals surface area contributed by atoms with Crippen molar-refractivity contribution < 1.29 is 68.4 Å². The lowest BCUT2D eigenvalue weighted by molar-refractivity contribution is -0.118. The highest BCUT2D eigenvalue weighted by atomic mass is 16.5. The molecule has 0 amide bonds. The molecule has 6 rings (SSSR count). The molecule has 0 aromatic heterocycles. The number of aryl methyl sites for hydroxylation is 1. The molecule has 0 aliphatic rings. The van der Waals surface area contributed by atoms with E-state index in [1.165, 1.54) is 62.8 Å². The first kappa shape index (κ1) is 60.3. The maximum absolute atomic E-state index is 13.3. The third kappa shape index (κ3) is 18.0. The summed E-state index contributed by atoms with van der Waals surface area (Å²) in [5.41, 5.74) is 6.01. The van der Waals surface area contributed by atoms with Crippen LogP contribution in [0, 0.1) is 6.92 Å². The smallest absolute Gasteiger partial charge is 0.193 e. The highest BCUT2D eigenvalue weighted by Gasteiger charge is 2.20. The molecule has 0 spiro atoms. The molecular weight excluding hydrogens is 1000 g/mol. The number of carbonyl (C=O) groups is 4. The van der Waals surface area contributed by atoms with Crippen LogP contribution < -0.4 is 23.7 Å². The minimum atomic E-state index is -0.721. The first-order chi connectivity index (χ1) is 38.2. The van der Waals surface area contributed by atoms with E-state index in [1.54, 1.807) is 167 Å². The Balaban J connectivity index is 0.000000293. The van der Waals surface area contributed by atoms with Crippen LogP contribution in [0.25, 0.3) is 36.5 Å². The Bertz CT molecular complexity index is 3180. The van der Waals surface area contributed by atoms with Crippen molar-refractivity contribution >= 4 is 59.6 Å². The summed E-state index contributed by atoms with van der Waals surface area (Å²) in [4.78, 5) is 52.7. The van der Waals surface area contributed by atoms with Gasteiger partial charge in [0.2, 0.25) is 0 Å². The van der Waals surface area contributed by atoms with Crippen molar-refractivity contribution in [3.8, 4) is 28.7 Å². The van der Waals surface area contributed by atoms with Crippen LogP contribution in [0.4, 0.5) is 0 Å². The fourth-order valence-corrected chi connectivity index (χ4v) is 7.46. The number of aliphatic hydroxyl groups excluding tert-OH is 5. The van der Waals surface area contributed by atoms with Gasteiger partial charge in [-0.2, -0.15) is 0 Å². The van der Waals surface area contributed by atoms with Gasteiger partial charge in [0.05, 0.1) is 55.4 Å². The van der Waals surface area contributed by atoms with Crippen LogP contribution in [-0.2, 0) is 39.0 Å². The Morgan fingerprint density at radius 3 is 1.13 bits per heavy atom. The summed E-state index contributed by atoms with van der Waals surface area (Å²) in [5, 5.41) is 49.9. The van der Waals surface area contributed by atoms with Gasteiger partial charge >= 0.3 is 0 Å². The standard InChI is InChI=1S/C34H34O8.C31H28O6/c1-22-17-23(9-15-31(22)40-2)6-12-28(37)34(29(38)13-7-24-5-11-26(20-35)27(18-24)21-36)30(39)14-8-25-10-16-32(41-3)33(19-25)42-4;1-36-26-14-7-23(8-15-26)12-19-29(34)31(28(33)18-11-22-3-5-25(21-32)6-4-22)30(35)20-13-24-9-16-27(37-2)17-10-24/h5-19,35-37H,20-21H2,1-4H3;3-20,32,34H,21H2,1-2H3/b12-6+,13-7+,14-8+,34-28+;18-11+,19-12+,20-13+,31-29+. The molecule has 79 heavy (non-hydrogen) atoms. The average Bonchev–Trinajstić information content (AvgIpc) is 3.49. The van der Waals surface area contributed by atoms with Crippen LogP contribution in [0.1, 0.15) is 55.6 Å². The number of aliphatic hydroxyl groups is 5. The lowest BCUT2D eigenvalue weighted by atomic mass is 10.0. The lowest BCUT2D eigenvalue weighted by Crippen LogP contribution is -2.11. The summed E-state index contributed by atoms with van der Waals surface area (Å²) in [7, 11) is 7.72. The second-order valence-electron chi connectivity index (χ2n) is 17.1. The van der Waals surface area contributed by atoms with E-state index in [9.17, 15) is 44.7 Å². The minimum Gasteiger partial charge on any atom is -0.507 e. The van der Waals surface area contributed by atoms with Crippen molar-refractivity contribution in [3.63, 3.8) is 0 Å². The van der Waals surface area contributed by atoms with Crippen LogP contribution in [0.3, 0.4) is 0 Å². The molecule has 14 nitrogen and oxygen atoms in total. The van der Waals surface area contributed by atoms with Gasteiger partial charge in [0.1, 0.15) is 39.9 Å². The zero-order chi connectivity index (χ0) is 57.3. The first-order valence-electron chi connectivity index (χ1n) is 24.5. The molecule has 14 heteroatoms. The van der Waals surface area contributed by atoms with Gasteiger partial charge in [-0.25, -0.2) is 0 Å². The van der Waals surface area contributed by atoms with Crippen molar-refractivity contribution in [3.05, 3.63) is 242 Å². The predicted octanol–water partition coefficient (Wildman–Crippen LogP) is 11.0. The van der Waals surface area contributed by atoms with Gasteiger partial charge in [-0.05, 0) is 154 Å². The molecule has 0 aliphatic heterocycles. The van der Waals surface area contributed by atoms with E-state index in [4.69, 9.17) is 23.7 Å². The SMILES string of the molecule is COc1ccc(/C=C/C(=O)/C(C(=O)/C=C/c2ccc(CO)cc2)=C(O)\C=C\c2ccc(OC)cc2)cc1.COc1ccc(/C=C/C(O)=C(/C(=O)/C=C/c2ccc(CO)c(CO)c2)C(=O)/C=C/c2ccc(OC)c(OC)c2)cc1C.